The summed E-state index contributed by atoms with van der Waals surface area (Å²) in [7, 11) is -4.64. The molecule has 0 aliphatic rings. The average molecular weight is 316 g/mol. The molecule has 0 aromatic heterocycles. The zero-order valence-electron chi connectivity index (χ0n) is 9.72. The lowest BCUT2D eigenvalue weighted by Crippen LogP contribution is -2.36. The van der Waals surface area contributed by atoms with E-state index < -0.39 is 25.8 Å². The van der Waals surface area contributed by atoms with Crippen LogP contribution in [0.1, 0.15) is 13.8 Å². The highest BCUT2D eigenvalue weighted by molar-refractivity contribution is 7.45. The third-order valence-electron chi connectivity index (χ3n) is 0.893. The summed E-state index contributed by atoms with van der Waals surface area (Å²) in [6.45, 7) is 4.54. The van der Waals surface area contributed by atoms with Crippen molar-refractivity contribution in [2.45, 2.75) is 25.9 Å². The number of halogens is 4. The Hall–Kier alpha value is -1.00. The van der Waals surface area contributed by atoms with Crippen LogP contribution in [-0.4, -0.2) is 42.9 Å². The second kappa shape index (κ2) is 8.23. The standard InChI is InChI=1S/C4H6O2.C3H4F4O.H3O4P/c1-3(2)4(5)6;1-2(4,5)3(6,7)8;1-5(2,3)4/h1H2,2H3,(H,5,6);8H,1H3;(H3,1,2,3,4). The molecule has 7 nitrogen and oxygen atoms in total. The van der Waals surface area contributed by atoms with Gasteiger partial charge in [0.1, 0.15) is 0 Å². The van der Waals surface area contributed by atoms with Crippen LogP contribution in [0.2, 0.25) is 0 Å². The molecule has 0 rings (SSSR count). The van der Waals surface area contributed by atoms with Gasteiger partial charge in [-0.05, 0) is 6.92 Å². The average Bonchev–Trinajstić information content (AvgIpc) is 1.96. The summed E-state index contributed by atoms with van der Waals surface area (Å²) in [5.41, 5.74) is 0.176. The summed E-state index contributed by atoms with van der Waals surface area (Å²) in [4.78, 5) is 31.2. The predicted octanol–water partition coefficient (Wildman–Crippen LogP) is 0.945. The highest BCUT2D eigenvalue weighted by Crippen LogP contribution is 2.30. The third kappa shape index (κ3) is 26.6. The summed E-state index contributed by atoms with van der Waals surface area (Å²) in [5.74, 6) is -5.28. The second-order valence-corrected chi connectivity index (χ2v) is 4.05. The van der Waals surface area contributed by atoms with Crippen LogP contribution in [0.25, 0.3) is 0 Å². The summed E-state index contributed by atoms with van der Waals surface area (Å²) >= 11 is 0. The molecule has 116 valence electrons. The van der Waals surface area contributed by atoms with Crippen LogP contribution in [0, 0.1) is 0 Å². The highest BCUT2D eigenvalue weighted by atomic mass is 31.2. The first-order chi connectivity index (χ1) is 7.89. The van der Waals surface area contributed by atoms with Gasteiger partial charge in [0.15, 0.2) is 0 Å². The highest BCUT2D eigenvalue weighted by Gasteiger charge is 2.50. The number of carboxylic acid groups (broad SMARTS) is 1. The molecule has 0 heterocycles. The number of aliphatic hydroxyl groups is 1. The van der Waals surface area contributed by atoms with E-state index >= 15 is 0 Å². The van der Waals surface area contributed by atoms with Gasteiger partial charge in [-0.3, -0.25) is 0 Å². The fourth-order valence-electron chi connectivity index (χ4n) is 0. The largest absolute Gasteiger partial charge is 0.478 e. The molecular weight excluding hydrogens is 303 g/mol. The van der Waals surface area contributed by atoms with Gasteiger partial charge in [-0.2, -0.15) is 17.6 Å². The van der Waals surface area contributed by atoms with Gasteiger partial charge in [0.05, 0.1) is 0 Å². The van der Waals surface area contributed by atoms with Gasteiger partial charge >= 0.3 is 25.8 Å². The fourth-order valence-corrected chi connectivity index (χ4v) is 0. The van der Waals surface area contributed by atoms with E-state index in [0.717, 1.165) is 0 Å². The molecule has 5 N–H and O–H groups in total. The number of hydrogen-bond donors (Lipinski definition) is 5. The Balaban J connectivity index is -0.000000209. The van der Waals surface area contributed by atoms with Crippen LogP contribution in [0.15, 0.2) is 12.2 Å². The molecule has 0 saturated carbocycles. The molecule has 0 aromatic rings. The molecule has 19 heavy (non-hydrogen) atoms. The SMILES string of the molecule is C=C(C)C(=O)O.CC(F)(F)C(O)(F)F.O=P(O)(O)O. The molecule has 0 aliphatic carbocycles. The van der Waals surface area contributed by atoms with Gasteiger partial charge in [-0.25, -0.2) is 9.36 Å². The lowest BCUT2D eigenvalue weighted by Gasteiger charge is -2.15. The predicted molar refractivity (Wildman–Crippen MR) is 54.5 cm³/mol. The van der Waals surface area contributed by atoms with E-state index in [1.807, 2.05) is 0 Å². The molecule has 12 heteroatoms. The molecule has 0 radical (unpaired) electrons. The lowest BCUT2D eigenvalue weighted by atomic mass is 10.4. The number of carboxylic acids is 1. The van der Waals surface area contributed by atoms with Crippen molar-refractivity contribution in [3.8, 4) is 0 Å². The summed E-state index contributed by atoms with van der Waals surface area (Å²) in [5, 5.41) is 15.2. The number of rotatable bonds is 2. The molecule has 0 unspecified atom stereocenters. The zero-order chi connectivity index (χ0) is 16.7. The van der Waals surface area contributed by atoms with E-state index in [1.165, 1.54) is 6.92 Å². The van der Waals surface area contributed by atoms with E-state index in [1.54, 1.807) is 0 Å². The molecule has 0 atom stereocenters. The van der Waals surface area contributed by atoms with Crippen LogP contribution in [0.5, 0.6) is 0 Å². The fraction of sp³-hybridized carbons (Fsp3) is 0.571. The van der Waals surface area contributed by atoms with E-state index in [9.17, 15) is 22.4 Å². The molecule has 0 fully saturated rings. The number of phosphoric acid groups is 1. The van der Waals surface area contributed by atoms with Crippen LogP contribution < -0.4 is 0 Å². The van der Waals surface area contributed by atoms with Gasteiger partial charge < -0.3 is 24.9 Å². The summed E-state index contributed by atoms with van der Waals surface area (Å²) in [6.07, 6.45) is -4.90. The van der Waals surface area contributed by atoms with Gasteiger partial charge in [0.25, 0.3) is 0 Å². The molecule has 0 bridgehead atoms. The number of hydrogen-bond acceptors (Lipinski definition) is 3. The molecular formula is C7H13F4O7P. The number of aliphatic carboxylic acids is 1. The van der Waals surface area contributed by atoms with Crippen molar-refractivity contribution in [3.05, 3.63) is 12.2 Å². The van der Waals surface area contributed by atoms with Crippen LogP contribution >= 0.6 is 7.82 Å². The minimum absolute atomic E-state index is 0.0625. The minimum atomic E-state index is -4.90. The van der Waals surface area contributed by atoms with Gasteiger partial charge in [0.2, 0.25) is 0 Å². The Morgan fingerprint density at radius 3 is 1.26 bits per heavy atom. The minimum Gasteiger partial charge on any atom is -0.478 e. The van der Waals surface area contributed by atoms with Gasteiger partial charge in [-0.15, -0.1) is 0 Å². The first-order valence-electron chi connectivity index (χ1n) is 4.04. The lowest BCUT2D eigenvalue weighted by molar-refractivity contribution is -0.318. The first-order valence-corrected chi connectivity index (χ1v) is 5.61. The van der Waals surface area contributed by atoms with Crippen molar-refractivity contribution in [2.24, 2.45) is 0 Å². The van der Waals surface area contributed by atoms with Crippen LogP contribution in [-0.2, 0) is 9.36 Å². The van der Waals surface area contributed by atoms with Gasteiger partial charge in [0, 0.05) is 12.5 Å². The van der Waals surface area contributed by atoms with Crippen molar-refractivity contribution < 1.29 is 51.8 Å². The Labute approximate surface area is 105 Å². The van der Waals surface area contributed by atoms with Crippen molar-refractivity contribution in [3.63, 3.8) is 0 Å². The first kappa shape index (κ1) is 23.1. The number of carbonyl (C=O) groups is 1. The van der Waals surface area contributed by atoms with Crippen molar-refractivity contribution >= 4 is 13.8 Å². The van der Waals surface area contributed by atoms with Gasteiger partial charge in [-0.1, -0.05) is 6.58 Å². The Morgan fingerprint density at radius 1 is 1.16 bits per heavy atom. The van der Waals surface area contributed by atoms with Crippen molar-refractivity contribution in [1.82, 2.24) is 0 Å². The normalized spacial score (nSPS) is 11.5. The molecule has 0 saturated heterocycles. The second-order valence-electron chi connectivity index (χ2n) is 3.03. The Bertz CT molecular complexity index is 308. The Morgan fingerprint density at radius 2 is 1.26 bits per heavy atom. The van der Waals surface area contributed by atoms with Crippen molar-refractivity contribution in [1.29, 1.82) is 0 Å². The maximum Gasteiger partial charge on any atom is 0.466 e. The Kier molecular flexibility index (Phi) is 10.0. The van der Waals surface area contributed by atoms with Crippen LogP contribution in [0.4, 0.5) is 17.6 Å². The van der Waals surface area contributed by atoms with Crippen molar-refractivity contribution in [2.75, 3.05) is 0 Å². The monoisotopic (exact) mass is 316 g/mol. The summed E-state index contributed by atoms with van der Waals surface area (Å²) in [6, 6.07) is 0. The smallest absolute Gasteiger partial charge is 0.466 e. The van der Waals surface area contributed by atoms with E-state index in [2.05, 4.69) is 6.58 Å². The molecule has 0 spiro atoms. The van der Waals surface area contributed by atoms with E-state index in [-0.39, 0.29) is 12.5 Å². The van der Waals surface area contributed by atoms with E-state index in [4.69, 9.17) is 29.5 Å². The zero-order valence-corrected chi connectivity index (χ0v) is 10.6. The third-order valence-corrected chi connectivity index (χ3v) is 0.893. The quantitative estimate of drug-likeness (QED) is 0.291. The number of alkyl halides is 4. The molecule has 0 amide bonds. The maximum atomic E-state index is 11.2. The van der Waals surface area contributed by atoms with Crippen LogP contribution in [0.3, 0.4) is 0 Å². The molecule has 0 aliphatic heterocycles. The topological polar surface area (TPSA) is 135 Å². The maximum absolute atomic E-state index is 11.2. The molecule has 0 aromatic carbocycles. The van der Waals surface area contributed by atoms with E-state index in [0.29, 0.717) is 0 Å². The summed E-state index contributed by atoms with van der Waals surface area (Å²) < 4.78 is 53.4.